The van der Waals surface area contributed by atoms with Crippen molar-refractivity contribution in [2.24, 2.45) is 0 Å². The smallest absolute Gasteiger partial charge is 0.208 e. The second-order valence-electron chi connectivity index (χ2n) is 6.56. The first-order valence-electron chi connectivity index (χ1n) is 9.01. The van der Waals surface area contributed by atoms with Gasteiger partial charge in [0.05, 0.1) is 11.9 Å². The Kier molecular flexibility index (Phi) is 4.78. The number of benzene rings is 1. The molecule has 1 aliphatic rings. The van der Waals surface area contributed by atoms with Crippen LogP contribution in [0.4, 0.5) is 5.13 Å². The number of piperidine rings is 1. The van der Waals surface area contributed by atoms with Gasteiger partial charge < -0.3 is 9.88 Å². The Morgan fingerprint density at radius 3 is 2.96 bits per heavy atom. The number of aromatic nitrogens is 4. The summed E-state index contributed by atoms with van der Waals surface area (Å²) < 4.78 is 0. The van der Waals surface area contributed by atoms with E-state index in [0.717, 1.165) is 54.0 Å². The number of aryl methyl sites for hydroxylation is 1. The molecule has 0 radical (unpaired) electrons. The molecule has 1 aliphatic heterocycles. The van der Waals surface area contributed by atoms with E-state index in [4.69, 9.17) is 0 Å². The van der Waals surface area contributed by atoms with Crippen molar-refractivity contribution in [3.05, 3.63) is 47.4 Å². The lowest BCUT2D eigenvalue weighted by atomic mass is 9.98. The van der Waals surface area contributed by atoms with Crippen molar-refractivity contribution < 1.29 is 0 Å². The maximum atomic E-state index is 4.66. The zero-order chi connectivity index (χ0) is 17.1. The normalized spacial score (nSPS) is 17.8. The molecule has 1 fully saturated rings. The molecule has 25 heavy (non-hydrogen) atoms. The fourth-order valence-corrected chi connectivity index (χ4v) is 4.35. The predicted octanol–water partition coefficient (Wildman–Crippen LogP) is 4.26. The molecule has 2 aromatic heterocycles. The summed E-state index contributed by atoms with van der Waals surface area (Å²) in [5, 5.41) is 10.9. The third-order valence-corrected chi connectivity index (χ3v) is 5.72. The minimum Gasteiger partial charge on any atom is -0.346 e. The summed E-state index contributed by atoms with van der Waals surface area (Å²) in [4.78, 5) is 10.6. The van der Waals surface area contributed by atoms with Crippen LogP contribution in [0, 0.1) is 0 Å². The van der Waals surface area contributed by atoms with Gasteiger partial charge in [-0.25, -0.2) is 4.98 Å². The minimum atomic E-state index is 0.421. The second-order valence-corrected chi connectivity index (χ2v) is 7.60. The highest BCUT2D eigenvalue weighted by Gasteiger charge is 2.25. The van der Waals surface area contributed by atoms with Crippen molar-refractivity contribution in [1.29, 1.82) is 0 Å². The minimum absolute atomic E-state index is 0.421. The van der Waals surface area contributed by atoms with Crippen molar-refractivity contribution in [1.82, 2.24) is 20.2 Å². The van der Waals surface area contributed by atoms with E-state index in [1.165, 1.54) is 12.0 Å². The summed E-state index contributed by atoms with van der Waals surface area (Å²) >= 11 is 1.74. The van der Waals surface area contributed by atoms with E-state index in [2.05, 4.69) is 56.3 Å². The van der Waals surface area contributed by atoms with E-state index in [-0.39, 0.29) is 0 Å². The number of H-pyrrole nitrogens is 1. The average Bonchev–Trinajstić information content (AvgIpc) is 3.33. The molecule has 6 heteroatoms. The van der Waals surface area contributed by atoms with Gasteiger partial charge in [-0.3, -0.25) is 0 Å². The number of nitrogens with zero attached hydrogens (tertiary/aromatic N) is 4. The molecule has 0 bridgehead atoms. The van der Waals surface area contributed by atoms with Crippen LogP contribution in [0.5, 0.6) is 0 Å². The summed E-state index contributed by atoms with van der Waals surface area (Å²) in [5.74, 6) is 1.51. The van der Waals surface area contributed by atoms with Gasteiger partial charge in [0.25, 0.3) is 0 Å². The summed E-state index contributed by atoms with van der Waals surface area (Å²) in [7, 11) is 0. The molecule has 3 aromatic rings. The summed E-state index contributed by atoms with van der Waals surface area (Å²) in [6, 6.07) is 10.4. The first kappa shape index (κ1) is 16.3. The fourth-order valence-electron chi connectivity index (χ4n) is 3.37. The van der Waals surface area contributed by atoms with E-state index in [9.17, 15) is 0 Å². The summed E-state index contributed by atoms with van der Waals surface area (Å²) in [6.45, 7) is 4.20. The van der Waals surface area contributed by atoms with Crippen molar-refractivity contribution in [3.63, 3.8) is 0 Å². The van der Waals surface area contributed by atoms with Crippen molar-refractivity contribution >= 4 is 16.5 Å². The van der Waals surface area contributed by atoms with Gasteiger partial charge in [0.15, 0.2) is 0 Å². The van der Waals surface area contributed by atoms with Gasteiger partial charge in [0.1, 0.15) is 10.8 Å². The third kappa shape index (κ3) is 3.58. The van der Waals surface area contributed by atoms with Gasteiger partial charge in [-0.05, 0) is 24.8 Å². The molecule has 0 saturated carbocycles. The molecule has 1 unspecified atom stereocenters. The highest BCUT2D eigenvalue weighted by molar-refractivity contribution is 7.15. The molecular weight excluding hydrogens is 330 g/mol. The van der Waals surface area contributed by atoms with Gasteiger partial charge in [0.2, 0.25) is 5.13 Å². The van der Waals surface area contributed by atoms with Crippen LogP contribution in [0.2, 0.25) is 0 Å². The average molecular weight is 353 g/mol. The van der Waals surface area contributed by atoms with Crippen LogP contribution >= 0.6 is 11.3 Å². The largest absolute Gasteiger partial charge is 0.346 e. The molecule has 1 atom stereocenters. The lowest BCUT2D eigenvalue weighted by Crippen LogP contribution is -2.34. The maximum absolute atomic E-state index is 4.66. The zero-order valence-corrected chi connectivity index (χ0v) is 15.3. The lowest BCUT2D eigenvalue weighted by Gasteiger charge is -2.31. The highest BCUT2D eigenvalue weighted by Crippen LogP contribution is 2.31. The van der Waals surface area contributed by atoms with E-state index >= 15 is 0 Å². The lowest BCUT2D eigenvalue weighted by molar-refractivity contribution is 0.493. The quantitative estimate of drug-likeness (QED) is 0.744. The molecule has 5 nitrogen and oxygen atoms in total. The number of nitrogens with one attached hydrogen (secondary N) is 1. The third-order valence-electron chi connectivity index (χ3n) is 4.68. The standard InChI is InChI=1S/C19H23N5S/c1-2-7-17-22-23-19(25-17)24-11-6-10-15(13-24)18-20-12-16(21-18)14-8-4-3-5-9-14/h3-5,8-9,12,15H,2,6-7,10-11,13H2,1H3,(H,20,21). The van der Waals surface area contributed by atoms with E-state index in [0.29, 0.717) is 5.92 Å². The topological polar surface area (TPSA) is 57.7 Å². The van der Waals surface area contributed by atoms with Crippen molar-refractivity contribution in [3.8, 4) is 11.3 Å². The number of hydrogen-bond donors (Lipinski definition) is 1. The van der Waals surface area contributed by atoms with E-state index < -0.39 is 0 Å². The molecule has 0 aliphatic carbocycles. The Labute approximate surface area is 152 Å². The summed E-state index contributed by atoms with van der Waals surface area (Å²) in [6.07, 6.45) is 6.42. The zero-order valence-electron chi connectivity index (χ0n) is 14.5. The number of anilines is 1. The maximum Gasteiger partial charge on any atom is 0.208 e. The number of aromatic amines is 1. The van der Waals surface area contributed by atoms with Crippen LogP contribution < -0.4 is 4.90 Å². The van der Waals surface area contributed by atoms with Gasteiger partial charge in [-0.15, -0.1) is 10.2 Å². The Morgan fingerprint density at radius 1 is 1.24 bits per heavy atom. The Balaban J connectivity index is 1.48. The summed E-state index contributed by atoms with van der Waals surface area (Å²) in [5.41, 5.74) is 2.27. The molecule has 0 amide bonds. The van der Waals surface area contributed by atoms with Crippen LogP contribution in [-0.2, 0) is 6.42 Å². The van der Waals surface area contributed by atoms with Gasteiger partial charge in [-0.2, -0.15) is 0 Å². The second kappa shape index (κ2) is 7.35. The van der Waals surface area contributed by atoms with E-state index in [1.54, 1.807) is 11.3 Å². The molecule has 1 N–H and O–H groups in total. The Bertz CT molecular complexity index is 810. The SMILES string of the molecule is CCCc1nnc(N2CCCC(c3ncc(-c4ccccc4)[nH]3)C2)s1. The first-order chi connectivity index (χ1) is 12.3. The van der Waals surface area contributed by atoms with Crippen LogP contribution in [-0.4, -0.2) is 33.3 Å². The monoisotopic (exact) mass is 353 g/mol. The van der Waals surface area contributed by atoms with Gasteiger partial charge in [0, 0.05) is 25.4 Å². The number of rotatable bonds is 5. The van der Waals surface area contributed by atoms with Crippen LogP contribution in [0.1, 0.15) is 42.9 Å². The molecule has 1 aromatic carbocycles. The number of hydrogen-bond acceptors (Lipinski definition) is 5. The first-order valence-corrected chi connectivity index (χ1v) is 9.83. The highest BCUT2D eigenvalue weighted by atomic mass is 32.1. The molecular formula is C19H23N5S. The van der Waals surface area contributed by atoms with Crippen molar-refractivity contribution in [2.45, 2.75) is 38.5 Å². The molecule has 1 saturated heterocycles. The predicted molar refractivity (Wildman–Crippen MR) is 102 cm³/mol. The molecule has 3 heterocycles. The van der Waals surface area contributed by atoms with Crippen molar-refractivity contribution in [2.75, 3.05) is 18.0 Å². The number of imidazole rings is 1. The van der Waals surface area contributed by atoms with Crippen LogP contribution in [0.25, 0.3) is 11.3 Å². The molecule has 130 valence electrons. The van der Waals surface area contributed by atoms with Gasteiger partial charge >= 0.3 is 0 Å². The van der Waals surface area contributed by atoms with Gasteiger partial charge in [-0.1, -0.05) is 48.6 Å². The fraction of sp³-hybridized carbons (Fsp3) is 0.421. The van der Waals surface area contributed by atoms with E-state index in [1.807, 2.05) is 12.3 Å². The Morgan fingerprint density at radius 2 is 2.12 bits per heavy atom. The van der Waals surface area contributed by atoms with Crippen LogP contribution in [0.3, 0.4) is 0 Å². The Hall–Kier alpha value is -2.21. The molecule has 0 spiro atoms. The molecule has 4 rings (SSSR count). The van der Waals surface area contributed by atoms with Crippen LogP contribution in [0.15, 0.2) is 36.5 Å².